The molecule has 0 aliphatic carbocycles. The van der Waals surface area contributed by atoms with Gasteiger partial charge >= 0.3 is 0 Å². The van der Waals surface area contributed by atoms with Gasteiger partial charge in [-0.15, -0.1) is 11.3 Å². The number of nitrogens with one attached hydrogen (secondary N) is 2. The van der Waals surface area contributed by atoms with Crippen LogP contribution in [0.15, 0.2) is 64.5 Å². The van der Waals surface area contributed by atoms with E-state index in [1.807, 2.05) is 6.07 Å². The largest absolute Gasteiger partial charge is 0.384 e. The summed E-state index contributed by atoms with van der Waals surface area (Å²) in [6.45, 7) is 4.54. The highest BCUT2D eigenvalue weighted by Gasteiger charge is 2.26. The number of benzene rings is 2. The number of hydrogen-bond donors (Lipinski definition) is 3. The molecule has 1 aromatic heterocycles. The molecule has 5 nitrogen and oxygen atoms in total. The Bertz CT molecular complexity index is 1360. The molecule has 0 saturated carbocycles. The Kier molecular flexibility index (Phi) is 7.14. The Morgan fingerprint density at radius 2 is 1.82 bits per heavy atom. The predicted octanol–water partition coefficient (Wildman–Crippen LogP) is 6.08. The standard InChI is InChI=1S/C24H24ClFN2O3S2/c1-14-17(26)9-6-10-18(14)28-22(21(25)23(27)24(2,3)29)20-12-11-19(32-20)15-7-5-8-16(13-15)33(4,30)31/h5-13,27-29H,1-4H3/b22-21+,27-23?. The Morgan fingerprint density at radius 1 is 1.15 bits per heavy atom. The van der Waals surface area contributed by atoms with Crippen molar-refractivity contribution in [2.45, 2.75) is 31.3 Å². The van der Waals surface area contributed by atoms with Gasteiger partial charge in [-0.3, -0.25) is 0 Å². The number of sulfone groups is 1. The molecule has 2 aromatic carbocycles. The summed E-state index contributed by atoms with van der Waals surface area (Å²) in [4.78, 5) is 1.63. The van der Waals surface area contributed by atoms with Gasteiger partial charge in [-0.2, -0.15) is 0 Å². The molecule has 3 N–H and O–H groups in total. The van der Waals surface area contributed by atoms with Gasteiger partial charge in [0.2, 0.25) is 0 Å². The van der Waals surface area contributed by atoms with Gasteiger partial charge in [0.15, 0.2) is 9.84 Å². The second kappa shape index (κ2) is 9.38. The van der Waals surface area contributed by atoms with Crippen molar-refractivity contribution in [1.29, 1.82) is 5.41 Å². The van der Waals surface area contributed by atoms with Crippen molar-refractivity contribution in [3.05, 3.63) is 75.9 Å². The summed E-state index contributed by atoms with van der Waals surface area (Å²) >= 11 is 7.89. The lowest BCUT2D eigenvalue weighted by molar-refractivity contribution is 0.154. The van der Waals surface area contributed by atoms with Crippen LogP contribution >= 0.6 is 22.9 Å². The van der Waals surface area contributed by atoms with E-state index < -0.39 is 21.3 Å². The molecule has 0 aliphatic rings. The minimum absolute atomic E-state index is 0.00977. The highest BCUT2D eigenvalue weighted by atomic mass is 35.5. The van der Waals surface area contributed by atoms with Crippen LogP contribution in [0.3, 0.4) is 0 Å². The van der Waals surface area contributed by atoms with E-state index in [1.54, 1.807) is 43.3 Å². The Labute approximate surface area is 202 Å². The van der Waals surface area contributed by atoms with Crippen LogP contribution in [-0.4, -0.2) is 31.1 Å². The van der Waals surface area contributed by atoms with E-state index in [0.29, 0.717) is 27.4 Å². The Balaban J connectivity index is 2.12. The molecule has 3 aromatic rings. The molecule has 0 fully saturated rings. The predicted molar refractivity (Wildman–Crippen MR) is 134 cm³/mol. The Morgan fingerprint density at radius 3 is 2.45 bits per heavy atom. The van der Waals surface area contributed by atoms with Crippen molar-refractivity contribution in [2.75, 3.05) is 11.6 Å². The van der Waals surface area contributed by atoms with Gasteiger partial charge < -0.3 is 15.8 Å². The summed E-state index contributed by atoms with van der Waals surface area (Å²) in [6.07, 6.45) is 1.15. The third-order valence-electron chi connectivity index (χ3n) is 4.98. The lowest BCUT2D eigenvalue weighted by Gasteiger charge is -2.21. The molecule has 0 bridgehead atoms. The zero-order chi connectivity index (χ0) is 24.6. The van der Waals surface area contributed by atoms with Gasteiger partial charge in [0.25, 0.3) is 0 Å². The van der Waals surface area contributed by atoms with Crippen molar-refractivity contribution in [3.63, 3.8) is 0 Å². The van der Waals surface area contributed by atoms with Crippen molar-refractivity contribution in [3.8, 4) is 10.4 Å². The second-order valence-electron chi connectivity index (χ2n) is 8.12. The average molecular weight is 507 g/mol. The van der Waals surface area contributed by atoms with Crippen LogP contribution in [0.25, 0.3) is 16.1 Å². The van der Waals surface area contributed by atoms with E-state index in [-0.39, 0.29) is 15.6 Å². The molecule has 0 amide bonds. The molecule has 1 heterocycles. The number of halogens is 2. The first-order chi connectivity index (χ1) is 15.3. The second-order valence-corrected chi connectivity index (χ2v) is 11.6. The van der Waals surface area contributed by atoms with E-state index in [4.69, 9.17) is 17.0 Å². The quantitative estimate of drug-likeness (QED) is 0.339. The van der Waals surface area contributed by atoms with E-state index >= 15 is 0 Å². The maximum absolute atomic E-state index is 14.1. The summed E-state index contributed by atoms with van der Waals surface area (Å²) in [5.41, 5.74) is 0.213. The molecule has 3 rings (SSSR count). The molecule has 174 valence electrons. The molecule has 0 atom stereocenters. The number of thiophene rings is 1. The number of rotatable bonds is 7. The molecule has 0 aliphatic heterocycles. The third-order valence-corrected chi connectivity index (χ3v) is 7.62. The summed E-state index contributed by atoms with van der Waals surface area (Å²) in [5.74, 6) is -0.391. The monoisotopic (exact) mass is 506 g/mol. The average Bonchev–Trinajstić information content (AvgIpc) is 3.22. The van der Waals surface area contributed by atoms with Crippen LogP contribution < -0.4 is 5.32 Å². The van der Waals surface area contributed by atoms with E-state index in [1.165, 1.54) is 37.3 Å². The summed E-state index contributed by atoms with van der Waals surface area (Å²) in [6, 6.07) is 14.8. The smallest absolute Gasteiger partial charge is 0.175 e. The third kappa shape index (κ3) is 5.70. The molecular weight excluding hydrogens is 483 g/mol. The minimum atomic E-state index is -3.36. The molecule has 0 unspecified atom stereocenters. The number of hydrogen-bond acceptors (Lipinski definition) is 6. The molecule has 0 spiro atoms. The van der Waals surface area contributed by atoms with Crippen LogP contribution in [0.4, 0.5) is 10.1 Å². The van der Waals surface area contributed by atoms with Crippen LogP contribution in [0.1, 0.15) is 24.3 Å². The SMILES string of the molecule is Cc1c(F)cccc1N/C(=C(/Cl)C(=N)C(C)(C)O)c1ccc(-c2cccc(S(C)(=O)=O)c2)s1. The van der Waals surface area contributed by atoms with Crippen LogP contribution in [0, 0.1) is 18.2 Å². The van der Waals surface area contributed by atoms with Crippen molar-refractivity contribution in [1.82, 2.24) is 0 Å². The molecule has 0 radical (unpaired) electrons. The molecule has 0 saturated heterocycles. The van der Waals surface area contributed by atoms with Gasteiger partial charge in [-0.1, -0.05) is 29.8 Å². The first-order valence-electron chi connectivity index (χ1n) is 9.93. The van der Waals surface area contributed by atoms with Crippen LogP contribution in [0.5, 0.6) is 0 Å². The Hall–Kier alpha value is -2.52. The number of anilines is 1. The lowest BCUT2D eigenvalue weighted by atomic mass is 10.0. The van der Waals surface area contributed by atoms with Crippen molar-refractivity contribution in [2.24, 2.45) is 0 Å². The maximum Gasteiger partial charge on any atom is 0.175 e. The lowest BCUT2D eigenvalue weighted by Crippen LogP contribution is -2.31. The zero-order valence-corrected chi connectivity index (χ0v) is 20.9. The maximum atomic E-state index is 14.1. The minimum Gasteiger partial charge on any atom is -0.384 e. The fraction of sp³-hybridized carbons (Fsp3) is 0.208. The van der Waals surface area contributed by atoms with E-state index in [2.05, 4.69) is 5.32 Å². The van der Waals surface area contributed by atoms with Gasteiger partial charge in [0, 0.05) is 22.4 Å². The zero-order valence-electron chi connectivity index (χ0n) is 18.5. The van der Waals surface area contributed by atoms with E-state index in [0.717, 1.165) is 11.1 Å². The van der Waals surface area contributed by atoms with Gasteiger partial charge in [-0.25, -0.2) is 12.8 Å². The fourth-order valence-electron chi connectivity index (χ4n) is 3.00. The van der Waals surface area contributed by atoms with Crippen LogP contribution in [-0.2, 0) is 9.84 Å². The first kappa shape index (κ1) is 25.1. The number of aliphatic hydroxyl groups is 1. The molecule has 9 heteroatoms. The highest BCUT2D eigenvalue weighted by molar-refractivity contribution is 7.90. The van der Waals surface area contributed by atoms with Crippen LogP contribution in [0.2, 0.25) is 0 Å². The first-order valence-corrected chi connectivity index (χ1v) is 13.0. The van der Waals surface area contributed by atoms with Crippen molar-refractivity contribution < 1.29 is 17.9 Å². The van der Waals surface area contributed by atoms with Crippen molar-refractivity contribution >= 4 is 49.9 Å². The summed E-state index contributed by atoms with van der Waals surface area (Å²) in [7, 11) is -3.36. The molecular formula is C24H24ClFN2O3S2. The van der Waals surface area contributed by atoms with E-state index in [9.17, 15) is 17.9 Å². The van der Waals surface area contributed by atoms with Gasteiger partial charge in [-0.05, 0) is 62.7 Å². The fourth-order valence-corrected chi connectivity index (χ4v) is 5.12. The summed E-state index contributed by atoms with van der Waals surface area (Å²) in [5, 5.41) is 21.8. The topological polar surface area (TPSA) is 90.2 Å². The van der Waals surface area contributed by atoms with Gasteiger partial charge in [0.1, 0.15) is 11.4 Å². The van der Waals surface area contributed by atoms with Gasteiger partial charge in [0.05, 0.1) is 26.2 Å². The molecule has 33 heavy (non-hydrogen) atoms. The summed E-state index contributed by atoms with van der Waals surface area (Å²) < 4.78 is 38.0. The highest BCUT2D eigenvalue weighted by Crippen LogP contribution is 2.37. The normalized spacial score (nSPS) is 12.9.